The molecule has 3 aromatic carbocycles. The van der Waals surface area contributed by atoms with Crippen LogP contribution in [-0.2, 0) is 0 Å². The van der Waals surface area contributed by atoms with Crippen LogP contribution in [-0.4, -0.2) is 11.8 Å². The van der Waals surface area contributed by atoms with E-state index in [0.717, 1.165) is 33.6 Å². The lowest BCUT2D eigenvalue weighted by Gasteiger charge is -2.19. The summed E-state index contributed by atoms with van der Waals surface area (Å²) < 4.78 is 6.50. The van der Waals surface area contributed by atoms with E-state index in [2.05, 4.69) is 0 Å². The van der Waals surface area contributed by atoms with Crippen molar-refractivity contribution in [3.63, 3.8) is 0 Å². The Bertz CT molecular complexity index is 1150. The average molecular weight is 368 g/mol. The Morgan fingerprint density at radius 2 is 1.32 bits per heavy atom. The zero-order valence-corrected chi connectivity index (χ0v) is 15.5. The summed E-state index contributed by atoms with van der Waals surface area (Å²) in [5.41, 5.74) is 4.98. The molecule has 4 aromatic rings. The third kappa shape index (κ3) is 3.16. The first-order valence-electron chi connectivity index (χ1n) is 8.99. The highest BCUT2D eigenvalue weighted by molar-refractivity contribution is 5.93. The fraction of sp³-hybridized carbons (Fsp3) is 0.0417. The highest BCUT2D eigenvalue weighted by Gasteiger charge is 2.19. The second-order valence-corrected chi connectivity index (χ2v) is 6.45. The van der Waals surface area contributed by atoms with Gasteiger partial charge in [0.2, 0.25) is 0 Å². The zero-order chi connectivity index (χ0) is 19.5. The van der Waals surface area contributed by atoms with Crippen molar-refractivity contribution >= 4 is 0 Å². The molecule has 1 heterocycles. The van der Waals surface area contributed by atoms with Crippen LogP contribution in [0.1, 0.15) is 0 Å². The minimum atomic E-state index is -0.260. The molecule has 138 valence electrons. The summed E-state index contributed by atoms with van der Waals surface area (Å²) in [4.78, 5) is 12.7. The maximum atomic E-state index is 12.7. The highest BCUT2D eigenvalue weighted by Crippen LogP contribution is 2.38. The molecule has 0 saturated heterocycles. The first-order valence-corrected chi connectivity index (χ1v) is 8.99. The number of rotatable bonds is 4. The summed E-state index contributed by atoms with van der Waals surface area (Å²) in [7, 11) is 1.63. The van der Waals surface area contributed by atoms with Gasteiger partial charge in [-0.25, -0.2) is 4.68 Å². The molecule has 0 atom stereocenters. The van der Waals surface area contributed by atoms with Gasteiger partial charge in [-0.15, -0.1) is 0 Å². The first kappa shape index (κ1) is 17.6. The molecule has 0 fully saturated rings. The van der Waals surface area contributed by atoms with Crippen molar-refractivity contribution in [2.45, 2.75) is 0 Å². The SMILES string of the molecule is COc1ccc(-c2cc(=O)n(N)c(-c3ccccc3)c2-c2ccccc2)cc1. The van der Waals surface area contributed by atoms with E-state index in [1.54, 1.807) is 13.2 Å². The summed E-state index contributed by atoms with van der Waals surface area (Å²) in [6.07, 6.45) is 0. The zero-order valence-electron chi connectivity index (χ0n) is 15.5. The van der Waals surface area contributed by atoms with Crippen LogP contribution in [0.3, 0.4) is 0 Å². The van der Waals surface area contributed by atoms with Crippen LogP contribution >= 0.6 is 0 Å². The van der Waals surface area contributed by atoms with Crippen molar-refractivity contribution in [3.8, 4) is 39.3 Å². The van der Waals surface area contributed by atoms with Crippen molar-refractivity contribution < 1.29 is 4.74 Å². The van der Waals surface area contributed by atoms with Gasteiger partial charge in [0.25, 0.3) is 5.56 Å². The minimum Gasteiger partial charge on any atom is -0.497 e. The Labute approximate surface area is 163 Å². The monoisotopic (exact) mass is 368 g/mol. The van der Waals surface area contributed by atoms with Crippen LogP contribution < -0.4 is 16.1 Å². The maximum absolute atomic E-state index is 12.7. The molecule has 4 rings (SSSR count). The molecular formula is C24H20N2O2. The number of hydrogen-bond acceptors (Lipinski definition) is 3. The number of nitrogens with zero attached hydrogens (tertiary/aromatic N) is 1. The van der Waals surface area contributed by atoms with Crippen LogP contribution in [0.4, 0.5) is 0 Å². The average Bonchev–Trinajstić information content (AvgIpc) is 2.76. The summed E-state index contributed by atoms with van der Waals surface area (Å²) >= 11 is 0. The number of benzene rings is 3. The molecule has 0 aliphatic carbocycles. The minimum absolute atomic E-state index is 0.260. The molecule has 0 aliphatic rings. The number of hydrogen-bond donors (Lipinski definition) is 1. The third-order valence-corrected chi connectivity index (χ3v) is 4.76. The Kier molecular flexibility index (Phi) is 4.68. The van der Waals surface area contributed by atoms with Gasteiger partial charge in [0.1, 0.15) is 5.75 Å². The molecule has 0 radical (unpaired) electrons. The molecule has 28 heavy (non-hydrogen) atoms. The second-order valence-electron chi connectivity index (χ2n) is 6.45. The summed E-state index contributed by atoms with van der Waals surface area (Å²) in [5.74, 6) is 6.99. The van der Waals surface area contributed by atoms with Gasteiger partial charge < -0.3 is 10.6 Å². The van der Waals surface area contributed by atoms with Crippen molar-refractivity contribution in [1.29, 1.82) is 0 Å². The predicted octanol–water partition coefficient (Wildman–Crippen LogP) is 4.57. The maximum Gasteiger partial charge on any atom is 0.269 e. The van der Waals surface area contributed by atoms with E-state index in [1.807, 2.05) is 84.9 Å². The van der Waals surface area contributed by atoms with E-state index in [9.17, 15) is 4.79 Å². The van der Waals surface area contributed by atoms with Gasteiger partial charge in [-0.1, -0.05) is 72.8 Å². The van der Waals surface area contributed by atoms with E-state index < -0.39 is 0 Å². The molecule has 2 N–H and O–H groups in total. The van der Waals surface area contributed by atoms with Crippen molar-refractivity contribution in [3.05, 3.63) is 101 Å². The quantitative estimate of drug-likeness (QED) is 0.537. The second kappa shape index (κ2) is 7.45. The van der Waals surface area contributed by atoms with E-state index in [1.165, 1.54) is 4.68 Å². The fourth-order valence-electron chi connectivity index (χ4n) is 3.40. The van der Waals surface area contributed by atoms with E-state index in [-0.39, 0.29) is 5.56 Å². The molecular weight excluding hydrogens is 348 g/mol. The number of nitrogens with two attached hydrogens (primary N) is 1. The molecule has 0 amide bonds. The number of nitrogen functional groups attached to an aromatic ring is 1. The van der Waals surface area contributed by atoms with E-state index >= 15 is 0 Å². The Morgan fingerprint density at radius 1 is 0.750 bits per heavy atom. The lowest BCUT2D eigenvalue weighted by atomic mass is 9.91. The summed E-state index contributed by atoms with van der Waals surface area (Å²) in [6, 6.07) is 29.0. The van der Waals surface area contributed by atoms with E-state index in [0.29, 0.717) is 5.69 Å². The highest BCUT2D eigenvalue weighted by atomic mass is 16.5. The number of methoxy groups -OCH3 is 1. The van der Waals surface area contributed by atoms with Gasteiger partial charge in [0.15, 0.2) is 0 Å². The molecule has 0 spiro atoms. The molecule has 0 saturated carbocycles. The van der Waals surface area contributed by atoms with Gasteiger partial charge >= 0.3 is 0 Å². The van der Waals surface area contributed by atoms with Gasteiger partial charge in [0, 0.05) is 17.2 Å². The van der Waals surface area contributed by atoms with Crippen molar-refractivity contribution in [2.24, 2.45) is 0 Å². The molecule has 0 aliphatic heterocycles. The third-order valence-electron chi connectivity index (χ3n) is 4.76. The molecule has 4 heteroatoms. The van der Waals surface area contributed by atoms with Crippen LogP contribution in [0.2, 0.25) is 0 Å². The van der Waals surface area contributed by atoms with Crippen molar-refractivity contribution in [1.82, 2.24) is 4.68 Å². The molecule has 1 aromatic heterocycles. The van der Waals surface area contributed by atoms with Crippen molar-refractivity contribution in [2.75, 3.05) is 13.0 Å². The van der Waals surface area contributed by atoms with Crippen LogP contribution in [0.25, 0.3) is 33.5 Å². The summed E-state index contributed by atoms with van der Waals surface area (Å²) in [5, 5.41) is 0. The summed E-state index contributed by atoms with van der Waals surface area (Å²) in [6.45, 7) is 0. The number of ether oxygens (including phenoxy) is 1. The van der Waals surface area contributed by atoms with Gasteiger partial charge in [-0.2, -0.15) is 0 Å². The number of pyridine rings is 1. The van der Waals surface area contributed by atoms with Gasteiger partial charge in [-0.05, 0) is 28.8 Å². The van der Waals surface area contributed by atoms with E-state index in [4.69, 9.17) is 10.6 Å². The fourth-order valence-corrected chi connectivity index (χ4v) is 3.40. The van der Waals surface area contributed by atoms with Crippen LogP contribution in [0.15, 0.2) is 95.8 Å². The predicted molar refractivity (Wildman–Crippen MR) is 114 cm³/mol. The largest absolute Gasteiger partial charge is 0.497 e. The standard InChI is InChI=1S/C24H20N2O2/c1-28-20-14-12-17(13-15-20)21-16-22(27)26(25)24(19-10-6-3-7-11-19)23(21)18-8-4-2-5-9-18/h2-16H,25H2,1H3. The molecule has 4 nitrogen and oxygen atoms in total. The lowest BCUT2D eigenvalue weighted by molar-refractivity contribution is 0.415. The number of aromatic nitrogens is 1. The Hall–Kier alpha value is -3.79. The Morgan fingerprint density at radius 3 is 1.89 bits per heavy atom. The Balaban J connectivity index is 2.08. The molecule has 0 bridgehead atoms. The van der Waals surface area contributed by atoms with Crippen LogP contribution in [0, 0.1) is 0 Å². The smallest absolute Gasteiger partial charge is 0.269 e. The van der Waals surface area contributed by atoms with Crippen LogP contribution in [0.5, 0.6) is 5.75 Å². The normalized spacial score (nSPS) is 10.6. The molecule has 0 unspecified atom stereocenters. The lowest BCUT2D eigenvalue weighted by Crippen LogP contribution is -2.29. The topological polar surface area (TPSA) is 57.2 Å². The van der Waals surface area contributed by atoms with Gasteiger partial charge in [-0.3, -0.25) is 4.79 Å². The van der Waals surface area contributed by atoms with Gasteiger partial charge in [0.05, 0.1) is 12.8 Å². The first-order chi connectivity index (χ1) is 13.7.